The van der Waals surface area contributed by atoms with Crippen molar-refractivity contribution in [3.05, 3.63) is 63.9 Å². The van der Waals surface area contributed by atoms with Crippen LogP contribution >= 0.6 is 11.3 Å². The summed E-state index contributed by atoms with van der Waals surface area (Å²) < 4.78 is 33.1. The molecule has 0 aliphatic carbocycles. The van der Waals surface area contributed by atoms with Crippen molar-refractivity contribution in [2.45, 2.75) is 31.5 Å². The number of aromatic nitrogens is 1. The van der Waals surface area contributed by atoms with E-state index in [0.717, 1.165) is 27.3 Å². The number of rotatable bonds is 7. The lowest BCUT2D eigenvalue weighted by atomic mass is 10.2. The SMILES string of the molecule is CC(=O)Nc1c(C)noc1/C=C/c1ccc(S(=O)(=O)NCc2ccc(C)cc2)s1. The van der Waals surface area contributed by atoms with Crippen molar-refractivity contribution in [1.29, 1.82) is 0 Å². The van der Waals surface area contributed by atoms with E-state index in [9.17, 15) is 13.2 Å². The highest BCUT2D eigenvalue weighted by molar-refractivity contribution is 7.91. The van der Waals surface area contributed by atoms with Crippen LogP contribution in [0.15, 0.2) is 45.1 Å². The number of nitrogens with zero attached hydrogens (tertiary/aromatic N) is 1. The number of carbonyl (C=O) groups excluding carboxylic acids is 1. The molecule has 7 nitrogen and oxygen atoms in total. The zero-order valence-electron chi connectivity index (χ0n) is 16.2. The Hall–Kier alpha value is -2.75. The Morgan fingerprint density at radius 3 is 2.55 bits per heavy atom. The molecule has 1 aromatic carbocycles. The van der Waals surface area contributed by atoms with Gasteiger partial charge in [0.2, 0.25) is 15.9 Å². The van der Waals surface area contributed by atoms with Crippen molar-refractivity contribution in [3.8, 4) is 0 Å². The molecule has 0 bridgehead atoms. The summed E-state index contributed by atoms with van der Waals surface area (Å²) in [4.78, 5) is 12.0. The zero-order chi connectivity index (χ0) is 21.0. The van der Waals surface area contributed by atoms with Gasteiger partial charge in [0.1, 0.15) is 15.6 Å². The smallest absolute Gasteiger partial charge is 0.250 e. The molecule has 0 saturated carbocycles. The van der Waals surface area contributed by atoms with Crippen molar-refractivity contribution in [1.82, 2.24) is 9.88 Å². The van der Waals surface area contributed by atoms with E-state index in [1.165, 1.54) is 6.92 Å². The van der Waals surface area contributed by atoms with Gasteiger partial charge in [0.15, 0.2) is 5.76 Å². The number of sulfonamides is 1. The van der Waals surface area contributed by atoms with Crippen LogP contribution in [0.1, 0.15) is 34.4 Å². The van der Waals surface area contributed by atoms with E-state index in [4.69, 9.17) is 4.52 Å². The van der Waals surface area contributed by atoms with Gasteiger partial charge in [-0.3, -0.25) is 4.79 Å². The van der Waals surface area contributed by atoms with E-state index < -0.39 is 10.0 Å². The van der Waals surface area contributed by atoms with E-state index in [-0.39, 0.29) is 16.7 Å². The van der Waals surface area contributed by atoms with Gasteiger partial charge in [0, 0.05) is 18.3 Å². The summed E-state index contributed by atoms with van der Waals surface area (Å²) in [5.41, 5.74) is 3.07. The van der Waals surface area contributed by atoms with E-state index in [2.05, 4.69) is 15.2 Å². The highest BCUT2D eigenvalue weighted by Gasteiger charge is 2.16. The molecule has 2 aromatic heterocycles. The molecule has 29 heavy (non-hydrogen) atoms. The number of anilines is 1. The first kappa shape index (κ1) is 21.0. The third kappa shape index (κ3) is 5.41. The highest BCUT2D eigenvalue weighted by Crippen LogP contribution is 2.26. The number of thiophene rings is 1. The molecular formula is C20H21N3O4S2. The Bertz CT molecular complexity index is 1140. The predicted molar refractivity (Wildman–Crippen MR) is 114 cm³/mol. The predicted octanol–water partition coefficient (Wildman–Crippen LogP) is 3.96. The van der Waals surface area contributed by atoms with Crippen molar-refractivity contribution < 1.29 is 17.7 Å². The fourth-order valence-corrected chi connectivity index (χ4v) is 4.80. The topological polar surface area (TPSA) is 101 Å². The van der Waals surface area contributed by atoms with Crippen LogP contribution in [0.5, 0.6) is 0 Å². The molecule has 0 atom stereocenters. The first-order chi connectivity index (χ1) is 13.7. The quantitative estimate of drug-likeness (QED) is 0.590. The minimum Gasteiger partial charge on any atom is -0.354 e. The lowest BCUT2D eigenvalue weighted by molar-refractivity contribution is -0.114. The van der Waals surface area contributed by atoms with Gasteiger partial charge < -0.3 is 9.84 Å². The van der Waals surface area contributed by atoms with Gasteiger partial charge in [0.25, 0.3) is 0 Å². The Kier molecular flexibility index (Phi) is 6.31. The average Bonchev–Trinajstić information content (AvgIpc) is 3.28. The Morgan fingerprint density at radius 1 is 1.14 bits per heavy atom. The van der Waals surface area contributed by atoms with E-state index in [1.54, 1.807) is 31.2 Å². The maximum atomic E-state index is 12.5. The molecule has 3 rings (SSSR count). The molecule has 0 aliphatic rings. The second kappa shape index (κ2) is 8.73. The fourth-order valence-electron chi connectivity index (χ4n) is 2.51. The van der Waals surface area contributed by atoms with E-state index in [0.29, 0.717) is 17.1 Å². The number of hydrogen-bond acceptors (Lipinski definition) is 6. The molecule has 152 valence electrons. The van der Waals surface area contributed by atoms with Crippen LogP contribution in [0.3, 0.4) is 0 Å². The minimum atomic E-state index is -3.61. The summed E-state index contributed by atoms with van der Waals surface area (Å²) in [6.45, 7) is 5.33. The fraction of sp³-hybridized carbons (Fsp3) is 0.200. The molecule has 3 aromatic rings. The lowest BCUT2D eigenvalue weighted by Crippen LogP contribution is -2.22. The third-order valence-electron chi connectivity index (χ3n) is 4.04. The third-order valence-corrected chi connectivity index (χ3v) is 6.99. The molecule has 2 N–H and O–H groups in total. The molecule has 0 fully saturated rings. The van der Waals surface area contributed by atoms with E-state index in [1.807, 2.05) is 31.2 Å². The summed E-state index contributed by atoms with van der Waals surface area (Å²) in [5, 5.41) is 6.52. The van der Waals surface area contributed by atoms with Crippen LogP contribution in [0.4, 0.5) is 5.69 Å². The molecule has 1 amide bonds. The maximum absolute atomic E-state index is 12.5. The monoisotopic (exact) mass is 431 g/mol. The Balaban J connectivity index is 1.70. The largest absolute Gasteiger partial charge is 0.354 e. The summed E-state index contributed by atoms with van der Waals surface area (Å²) in [6, 6.07) is 10.9. The number of benzene rings is 1. The summed E-state index contributed by atoms with van der Waals surface area (Å²) in [7, 11) is -3.61. The molecule has 0 radical (unpaired) electrons. The Labute approximate surface area is 173 Å². The van der Waals surface area contributed by atoms with Crippen LogP contribution < -0.4 is 10.0 Å². The van der Waals surface area contributed by atoms with Gasteiger partial charge in [0.05, 0.1) is 0 Å². The second-order valence-electron chi connectivity index (χ2n) is 6.49. The van der Waals surface area contributed by atoms with Gasteiger partial charge in [-0.05, 0) is 43.7 Å². The number of carbonyl (C=O) groups is 1. The summed E-state index contributed by atoms with van der Waals surface area (Å²) >= 11 is 1.14. The maximum Gasteiger partial charge on any atom is 0.250 e. The van der Waals surface area contributed by atoms with Crippen LogP contribution in [0.2, 0.25) is 0 Å². The Morgan fingerprint density at radius 2 is 1.86 bits per heavy atom. The standard InChI is InChI=1S/C20H21N3O4S2/c1-13-4-6-16(7-5-13)12-21-29(25,26)19-11-9-17(28-19)8-10-18-20(22-15(3)24)14(2)23-27-18/h4-11,21H,12H2,1-3H3,(H,22,24)/b10-8+. The molecular weight excluding hydrogens is 410 g/mol. The molecule has 0 saturated heterocycles. The van der Waals surface area contributed by atoms with Crippen molar-refractivity contribution in [3.63, 3.8) is 0 Å². The van der Waals surface area contributed by atoms with Crippen molar-refractivity contribution in [2.75, 3.05) is 5.32 Å². The number of aryl methyl sites for hydroxylation is 2. The molecule has 9 heteroatoms. The van der Waals surface area contributed by atoms with Gasteiger partial charge in [-0.25, -0.2) is 13.1 Å². The minimum absolute atomic E-state index is 0.222. The highest BCUT2D eigenvalue weighted by atomic mass is 32.2. The first-order valence-corrected chi connectivity index (χ1v) is 11.1. The van der Waals surface area contributed by atoms with Crippen LogP contribution in [0, 0.1) is 13.8 Å². The normalized spacial score (nSPS) is 11.8. The zero-order valence-corrected chi connectivity index (χ0v) is 17.9. The van der Waals surface area contributed by atoms with Crippen LogP contribution in [-0.2, 0) is 21.4 Å². The molecule has 0 aliphatic heterocycles. The van der Waals surface area contributed by atoms with Crippen LogP contribution in [0.25, 0.3) is 12.2 Å². The molecule has 0 unspecified atom stereocenters. The number of hydrogen-bond donors (Lipinski definition) is 2. The summed E-state index contributed by atoms with van der Waals surface area (Å²) in [5.74, 6) is 0.170. The van der Waals surface area contributed by atoms with Gasteiger partial charge in [-0.15, -0.1) is 11.3 Å². The van der Waals surface area contributed by atoms with Crippen LogP contribution in [-0.4, -0.2) is 19.5 Å². The van der Waals surface area contributed by atoms with Gasteiger partial charge >= 0.3 is 0 Å². The first-order valence-electron chi connectivity index (χ1n) is 8.81. The average molecular weight is 432 g/mol. The van der Waals surface area contributed by atoms with Crippen molar-refractivity contribution >= 4 is 45.1 Å². The van der Waals surface area contributed by atoms with Gasteiger partial charge in [-0.1, -0.05) is 35.0 Å². The molecule has 0 spiro atoms. The molecule has 2 heterocycles. The summed E-state index contributed by atoms with van der Waals surface area (Å²) in [6.07, 6.45) is 3.36. The number of nitrogens with one attached hydrogen (secondary N) is 2. The lowest BCUT2D eigenvalue weighted by Gasteiger charge is -2.05. The number of amides is 1. The second-order valence-corrected chi connectivity index (χ2v) is 9.60. The van der Waals surface area contributed by atoms with Crippen molar-refractivity contribution in [2.24, 2.45) is 0 Å². The van der Waals surface area contributed by atoms with E-state index >= 15 is 0 Å². The van der Waals surface area contributed by atoms with Gasteiger partial charge in [-0.2, -0.15) is 0 Å².